The minimum Gasteiger partial charge on any atom is -0.390 e. The molecule has 0 spiro atoms. The van der Waals surface area contributed by atoms with E-state index in [1.165, 1.54) is 0 Å². The fourth-order valence-electron chi connectivity index (χ4n) is 0.965. The van der Waals surface area contributed by atoms with Crippen LogP contribution in [0.3, 0.4) is 0 Å². The molecule has 1 atom stereocenters. The van der Waals surface area contributed by atoms with Crippen molar-refractivity contribution >= 4 is 0 Å². The van der Waals surface area contributed by atoms with Crippen LogP contribution in [0.25, 0.3) is 0 Å². The molecule has 0 saturated heterocycles. The number of hydrogen-bond acceptors (Lipinski definition) is 4. The quantitative estimate of drug-likeness (QED) is 0.703. The average molecular weight is 177 g/mol. The monoisotopic (exact) mass is 177 g/mol. The molecular weight excluding hydrogens is 166 g/mol. The van der Waals surface area contributed by atoms with Crippen molar-refractivity contribution in [3.05, 3.63) is 29.6 Å². The smallest absolute Gasteiger partial charge is 0.0852 e. The number of nitriles is 1. The van der Waals surface area contributed by atoms with Gasteiger partial charge in [0, 0.05) is 12.2 Å². The molecule has 4 nitrogen and oxygen atoms in total. The Labute approximate surface area is 76.6 Å². The highest BCUT2D eigenvalue weighted by atomic mass is 16.3. The Morgan fingerprint density at radius 3 is 2.85 bits per heavy atom. The van der Waals surface area contributed by atoms with E-state index in [4.69, 9.17) is 16.1 Å². The Morgan fingerprint density at radius 1 is 1.62 bits per heavy atom. The molecule has 0 saturated carbocycles. The number of aliphatic hydroxyl groups is 1. The van der Waals surface area contributed by atoms with Crippen LogP contribution in [0.5, 0.6) is 0 Å². The summed E-state index contributed by atoms with van der Waals surface area (Å²) in [5.41, 5.74) is 7.09. The predicted molar refractivity (Wildman–Crippen MR) is 47.3 cm³/mol. The SMILES string of the molecule is N#CC[C@@H](N)c1ccc(CO)nc1. The summed E-state index contributed by atoms with van der Waals surface area (Å²) in [5, 5.41) is 17.1. The largest absolute Gasteiger partial charge is 0.390 e. The van der Waals surface area contributed by atoms with Crippen LogP contribution in [-0.2, 0) is 6.61 Å². The molecule has 0 radical (unpaired) electrons. The van der Waals surface area contributed by atoms with Crippen LogP contribution >= 0.6 is 0 Å². The minimum absolute atomic E-state index is 0.0756. The highest BCUT2D eigenvalue weighted by molar-refractivity contribution is 5.18. The second-order valence-electron chi connectivity index (χ2n) is 2.71. The maximum Gasteiger partial charge on any atom is 0.0852 e. The van der Waals surface area contributed by atoms with Crippen molar-refractivity contribution < 1.29 is 5.11 Å². The number of hydrogen-bond donors (Lipinski definition) is 2. The standard InChI is InChI=1S/C9H11N3O/c10-4-3-9(11)7-1-2-8(6-13)12-5-7/h1-2,5,9,13H,3,6,11H2/t9-/m1/s1. The third-order valence-corrected chi connectivity index (χ3v) is 1.75. The Bertz CT molecular complexity index is 302. The second kappa shape index (κ2) is 4.55. The van der Waals surface area contributed by atoms with E-state index in [0.29, 0.717) is 5.69 Å². The van der Waals surface area contributed by atoms with Gasteiger partial charge >= 0.3 is 0 Å². The third-order valence-electron chi connectivity index (χ3n) is 1.75. The fourth-order valence-corrected chi connectivity index (χ4v) is 0.965. The second-order valence-corrected chi connectivity index (χ2v) is 2.71. The first kappa shape index (κ1) is 9.65. The molecule has 1 rings (SSSR count). The molecule has 13 heavy (non-hydrogen) atoms. The van der Waals surface area contributed by atoms with E-state index in [2.05, 4.69) is 4.98 Å². The zero-order valence-electron chi connectivity index (χ0n) is 7.14. The van der Waals surface area contributed by atoms with Gasteiger partial charge in [-0.05, 0) is 11.6 Å². The molecule has 0 aliphatic carbocycles. The van der Waals surface area contributed by atoms with Crippen molar-refractivity contribution in [2.75, 3.05) is 0 Å². The van der Waals surface area contributed by atoms with Crippen molar-refractivity contribution in [2.45, 2.75) is 19.1 Å². The Balaban J connectivity index is 2.74. The maximum absolute atomic E-state index is 8.72. The molecule has 0 aromatic carbocycles. The van der Waals surface area contributed by atoms with Gasteiger partial charge in [-0.2, -0.15) is 5.26 Å². The van der Waals surface area contributed by atoms with Crippen molar-refractivity contribution in [1.29, 1.82) is 5.26 Å². The Morgan fingerprint density at radius 2 is 2.38 bits per heavy atom. The van der Waals surface area contributed by atoms with Crippen LogP contribution < -0.4 is 5.73 Å². The van der Waals surface area contributed by atoms with Gasteiger partial charge in [0.1, 0.15) is 0 Å². The number of rotatable bonds is 3. The van der Waals surface area contributed by atoms with E-state index >= 15 is 0 Å². The number of pyridine rings is 1. The molecule has 4 heteroatoms. The molecule has 1 heterocycles. The van der Waals surface area contributed by atoms with E-state index in [9.17, 15) is 0 Å². The Kier molecular flexibility index (Phi) is 3.38. The average Bonchev–Trinajstić information content (AvgIpc) is 2.18. The lowest BCUT2D eigenvalue weighted by Gasteiger charge is -2.06. The van der Waals surface area contributed by atoms with Crippen LogP contribution in [0, 0.1) is 11.3 Å². The first-order chi connectivity index (χ1) is 6.27. The van der Waals surface area contributed by atoms with Gasteiger partial charge < -0.3 is 10.8 Å². The van der Waals surface area contributed by atoms with Crippen LogP contribution in [-0.4, -0.2) is 10.1 Å². The minimum atomic E-state index is -0.287. The number of nitrogens with two attached hydrogens (primary N) is 1. The van der Waals surface area contributed by atoms with E-state index in [-0.39, 0.29) is 19.1 Å². The van der Waals surface area contributed by atoms with Crippen LogP contribution in [0.1, 0.15) is 23.7 Å². The molecule has 3 N–H and O–H groups in total. The van der Waals surface area contributed by atoms with Gasteiger partial charge in [-0.15, -0.1) is 0 Å². The zero-order valence-corrected chi connectivity index (χ0v) is 7.14. The fraction of sp³-hybridized carbons (Fsp3) is 0.333. The number of nitrogens with zero attached hydrogens (tertiary/aromatic N) is 2. The van der Waals surface area contributed by atoms with Crippen LogP contribution in [0.2, 0.25) is 0 Å². The molecular formula is C9H11N3O. The lowest BCUT2D eigenvalue weighted by atomic mass is 10.1. The van der Waals surface area contributed by atoms with Gasteiger partial charge in [0.2, 0.25) is 0 Å². The summed E-state index contributed by atoms with van der Waals surface area (Å²) in [7, 11) is 0. The molecule has 0 amide bonds. The summed E-state index contributed by atoms with van der Waals surface area (Å²) < 4.78 is 0. The summed E-state index contributed by atoms with van der Waals surface area (Å²) >= 11 is 0. The van der Waals surface area contributed by atoms with Gasteiger partial charge in [0.05, 0.1) is 24.8 Å². The topological polar surface area (TPSA) is 82.9 Å². The van der Waals surface area contributed by atoms with Crippen molar-refractivity contribution in [3.63, 3.8) is 0 Å². The van der Waals surface area contributed by atoms with Gasteiger partial charge in [-0.25, -0.2) is 0 Å². The molecule has 0 unspecified atom stereocenters. The highest BCUT2D eigenvalue weighted by Gasteiger charge is 2.04. The molecule has 0 aliphatic heterocycles. The van der Waals surface area contributed by atoms with Crippen molar-refractivity contribution in [1.82, 2.24) is 4.98 Å². The zero-order chi connectivity index (χ0) is 9.68. The van der Waals surface area contributed by atoms with E-state index in [1.54, 1.807) is 18.3 Å². The van der Waals surface area contributed by atoms with Crippen molar-refractivity contribution in [3.8, 4) is 6.07 Å². The molecule has 1 aromatic heterocycles. The van der Waals surface area contributed by atoms with Crippen molar-refractivity contribution in [2.24, 2.45) is 5.73 Å². The summed E-state index contributed by atoms with van der Waals surface area (Å²) in [6.07, 6.45) is 1.87. The van der Waals surface area contributed by atoms with Gasteiger partial charge in [0.15, 0.2) is 0 Å². The lowest BCUT2D eigenvalue weighted by molar-refractivity contribution is 0.277. The highest BCUT2D eigenvalue weighted by Crippen LogP contribution is 2.12. The summed E-state index contributed by atoms with van der Waals surface area (Å²) in [5.74, 6) is 0. The van der Waals surface area contributed by atoms with Gasteiger partial charge in [-0.1, -0.05) is 6.07 Å². The summed E-state index contributed by atoms with van der Waals surface area (Å²) in [6, 6.07) is 5.18. The summed E-state index contributed by atoms with van der Waals surface area (Å²) in [6.45, 7) is -0.0756. The molecule has 68 valence electrons. The molecule has 0 aliphatic rings. The number of aliphatic hydroxyl groups excluding tert-OH is 1. The molecule has 0 bridgehead atoms. The lowest BCUT2D eigenvalue weighted by Crippen LogP contribution is -2.09. The summed E-state index contributed by atoms with van der Waals surface area (Å²) in [4.78, 5) is 3.96. The molecule has 0 fully saturated rings. The normalized spacial score (nSPS) is 12.1. The van der Waals surface area contributed by atoms with Gasteiger partial charge in [-0.3, -0.25) is 4.98 Å². The first-order valence-electron chi connectivity index (χ1n) is 3.96. The molecule has 1 aromatic rings. The number of aromatic nitrogens is 1. The first-order valence-corrected chi connectivity index (χ1v) is 3.96. The predicted octanol–water partition coefficient (Wildman–Crippen LogP) is 0.487. The Hall–Kier alpha value is -1.44. The van der Waals surface area contributed by atoms with Crippen LogP contribution in [0.15, 0.2) is 18.3 Å². The van der Waals surface area contributed by atoms with E-state index in [0.717, 1.165) is 5.56 Å². The maximum atomic E-state index is 8.72. The van der Waals surface area contributed by atoms with E-state index < -0.39 is 0 Å². The van der Waals surface area contributed by atoms with Gasteiger partial charge in [0.25, 0.3) is 0 Å². The third kappa shape index (κ3) is 2.51. The van der Waals surface area contributed by atoms with E-state index in [1.807, 2.05) is 6.07 Å². The van der Waals surface area contributed by atoms with Crippen LogP contribution in [0.4, 0.5) is 0 Å².